The van der Waals surface area contributed by atoms with E-state index in [2.05, 4.69) is 15.1 Å². The number of likely N-dealkylation sites (tertiary alicyclic amines) is 1. The number of fused-ring (bicyclic) bond motifs is 1. The SMILES string of the molecule is Cc1ccc(-n2ccc(C)n2)c(C(=O)N2CC3CC3CC2N(C)c2ccc(C(F)(F)F)cn2)n1. The highest BCUT2D eigenvalue weighted by molar-refractivity contribution is 5.96. The Labute approximate surface area is 195 Å². The van der Waals surface area contributed by atoms with E-state index in [0.717, 1.165) is 30.8 Å². The normalized spacial score (nSPS) is 21.8. The molecule has 1 aliphatic carbocycles. The summed E-state index contributed by atoms with van der Waals surface area (Å²) in [4.78, 5) is 26.1. The first kappa shape index (κ1) is 22.4. The Morgan fingerprint density at radius 3 is 2.50 bits per heavy atom. The number of anilines is 1. The van der Waals surface area contributed by atoms with Crippen LogP contribution in [0.25, 0.3) is 5.69 Å². The minimum atomic E-state index is -4.45. The van der Waals surface area contributed by atoms with Crippen LogP contribution in [0.4, 0.5) is 19.0 Å². The third-order valence-corrected chi connectivity index (χ3v) is 6.70. The van der Waals surface area contributed by atoms with Crippen LogP contribution in [0, 0.1) is 25.7 Å². The number of aryl methyl sites for hydroxylation is 2. The average Bonchev–Trinajstić information content (AvgIpc) is 3.45. The molecule has 178 valence electrons. The molecule has 0 N–H and O–H groups in total. The Morgan fingerprint density at radius 1 is 1.06 bits per heavy atom. The fraction of sp³-hybridized carbons (Fsp3) is 0.417. The van der Waals surface area contributed by atoms with Gasteiger partial charge in [0.15, 0.2) is 5.69 Å². The van der Waals surface area contributed by atoms with Crippen molar-refractivity contribution in [2.45, 2.75) is 39.0 Å². The molecule has 1 aliphatic heterocycles. The van der Waals surface area contributed by atoms with E-state index < -0.39 is 11.7 Å². The number of nitrogens with zero attached hydrogens (tertiary/aromatic N) is 6. The van der Waals surface area contributed by atoms with Crippen molar-refractivity contribution in [1.82, 2.24) is 24.6 Å². The number of carbonyl (C=O) groups is 1. The number of pyridine rings is 2. The van der Waals surface area contributed by atoms with Gasteiger partial charge in [-0.15, -0.1) is 0 Å². The smallest absolute Gasteiger partial charge is 0.339 e. The van der Waals surface area contributed by atoms with E-state index in [1.165, 1.54) is 6.07 Å². The van der Waals surface area contributed by atoms with Gasteiger partial charge in [0.05, 0.1) is 16.9 Å². The molecule has 0 aromatic carbocycles. The Bertz CT molecular complexity index is 1220. The van der Waals surface area contributed by atoms with Gasteiger partial charge in [-0.25, -0.2) is 14.6 Å². The summed E-state index contributed by atoms with van der Waals surface area (Å²) in [6, 6.07) is 7.91. The Balaban J connectivity index is 1.48. The molecule has 1 saturated heterocycles. The van der Waals surface area contributed by atoms with Crippen molar-refractivity contribution in [2.75, 3.05) is 18.5 Å². The van der Waals surface area contributed by atoms with Gasteiger partial charge in [-0.05, 0) is 68.9 Å². The van der Waals surface area contributed by atoms with Crippen molar-refractivity contribution < 1.29 is 18.0 Å². The van der Waals surface area contributed by atoms with Crippen LogP contribution >= 0.6 is 0 Å². The monoisotopic (exact) mass is 470 g/mol. The number of amides is 1. The van der Waals surface area contributed by atoms with Crippen LogP contribution in [0.15, 0.2) is 42.7 Å². The lowest BCUT2D eigenvalue weighted by molar-refractivity contribution is -0.137. The number of piperidine rings is 1. The highest BCUT2D eigenvalue weighted by atomic mass is 19.4. The predicted octanol–water partition coefficient (Wildman–Crippen LogP) is 4.24. The van der Waals surface area contributed by atoms with Crippen molar-refractivity contribution in [3.8, 4) is 5.69 Å². The number of aromatic nitrogens is 4. The second kappa shape index (κ2) is 8.11. The maximum atomic E-state index is 13.9. The zero-order chi connectivity index (χ0) is 24.2. The van der Waals surface area contributed by atoms with Crippen LogP contribution < -0.4 is 4.90 Å². The molecule has 34 heavy (non-hydrogen) atoms. The van der Waals surface area contributed by atoms with Crippen molar-refractivity contribution >= 4 is 11.7 Å². The summed E-state index contributed by atoms with van der Waals surface area (Å²) in [5, 5.41) is 4.45. The van der Waals surface area contributed by atoms with Gasteiger partial charge >= 0.3 is 6.18 Å². The quantitative estimate of drug-likeness (QED) is 0.571. The summed E-state index contributed by atoms with van der Waals surface area (Å²) < 4.78 is 40.6. The van der Waals surface area contributed by atoms with E-state index in [0.29, 0.717) is 41.3 Å². The summed E-state index contributed by atoms with van der Waals surface area (Å²) in [6.45, 7) is 4.28. The highest BCUT2D eigenvalue weighted by Crippen LogP contribution is 2.48. The molecule has 2 fully saturated rings. The molecule has 3 unspecified atom stereocenters. The number of rotatable bonds is 4. The van der Waals surface area contributed by atoms with Crippen molar-refractivity contribution in [2.24, 2.45) is 11.8 Å². The van der Waals surface area contributed by atoms with Gasteiger partial charge < -0.3 is 9.80 Å². The van der Waals surface area contributed by atoms with Gasteiger partial charge in [-0.1, -0.05) is 0 Å². The number of halogens is 3. The maximum Gasteiger partial charge on any atom is 0.417 e. The molecule has 3 aromatic heterocycles. The lowest BCUT2D eigenvalue weighted by Crippen LogP contribution is -2.53. The molecule has 7 nitrogen and oxygen atoms in total. The van der Waals surface area contributed by atoms with Crippen LogP contribution in [0.3, 0.4) is 0 Å². The van der Waals surface area contributed by atoms with Crippen molar-refractivity contribution in [3.63, 3.8) is 0 Å². The molecule has 3 atom stereocenters. The molecule has 1 saturated carbocycles. The lowest BCUT2D eigenvalue weighted by Gasteiger charge is -2.41. The summed E-state index contributed by atoms with van der Waals surface area (Å²) in [7, 11) is 1.77. The Morgan fingerprint density at radius 2 is 1.85 bits per heavy atom. The van der Waals surface area contributed by atoms with E-state index in [1.54, 1.807) is 27.7 Å². The minimum absolute atomic E-state index is 0.221. The fourth-order valence-corrected chi connectivity index (χ4v) is 4.67. The summed E-state index contributed by atoms with van der Waals surface area (Å²) in [6.07, 6.45) is -0.382. The highest BCUT2D eigenvalue weighted by Gasteiger charge is 2.49. The van der Waals surface area contributed by atoms with Gasteiger partial charge in [0.2, 0.25) is 0 Å². The van der Waals surface area contributed by atoms with E-state index in [4.69, 9.17) is 0 Å². The lowest BCUT2D eigenvalue weighted by atomic mass is 10.1. The van der Waals surface area contributed by atoms with E-state index in [9.17, 15) is 18.0 Å². The summed E-state index contributed by atoms with van der Waals surface area (Å²) in [5.41, 5.74) is 1.64. The third-order valence-electron chi connectivity index (χ3n) is 6.70. The number of hydrogen-bond acceptors (Lipinski definition) is 5. The second-order valence-corrected chi connectivity index (χ2v) is 9.17. The van der Waals surface area contributed by atoms with Crippen molar-refractivity contribution in [1.29, 1.82) is 0 Å². The van der Waals surface area contributed by atoms with E-state index >= 15 is 0 Å². The molecule has 3 aromatic rings. The third kappa shape index (κ3) is 4.12. The van der Waals surface area contributed by atoms with Gasteiger partial charge in [-0.3, -0.25) is 4.79 Å². The number of carbonyl (C=O) groups excluding carboxylic acids is 1. The zero-order valence-corrected chi connectivity index (χ0v) is 19.1. The maximum absolute atomic E-state index is 13.9. The standard InChI is InChI=1S/C24H25F3N6O/c1-14-4-6-19(33-9-8-15(2)30-33)22(29-14)23(34)32-13-17-10-16(17)11-21(32)31(3)20-7-5-18(12-28-20)24(25,26)27/h4-9,12,16-17,21H,10-11,13H2,1-3H3. The fourth-order valence-electron chi connectivity index (χ4n) is 4.67. The van der Waals surface area contributed by atoms with E-state index in [-0.39, 0.29) is 12.1 Å². The van der Waals surface area contributed by atoms with Crippen LogP contribution in [0.1, 0.15) is 40.3 Å². The Kier molecular flexibility index (Phi) is 5.33. The molecule has 10 heteroatoms. The molecule has 5 rings (SSSR count). The molecule has 1 amide bonds. The van der Waals surface area contributed by atoms with Gasteiger partial charge in [0.1, 0.15) is 12.0 Å². The van der Waals surface area contributed by atoms with Crippen molar-refractivity contribution in [3.05, 3.63) is 65.4 Å². The largest absolute Gasteiger partial charge is 0.417 e. The Hall–Kier alpha value is -3.43. The van der Waals surface area contributed by atoms with Gasteiger partial charge in [-0.2, -0.15) is 18.3 Å². The van der Waals surface area contributed by atoms with Crippen LogP contribution in [0.2, 0.25) is 0 Å². The summed E-state index contributed by atoms with van der Waals surface area (Å²) >= 11 is 0. The molecular formula is C24H25F3N6O. The number of hydrogen-bond donors (Lipinski definition) is 0. The molecular weight excluding hydrogens is 445 g/mol. The van der Waals surface area contributed by atoms with Crippen LogP contribution in [-0.2, 0) is 6.18 Å². The van der Waals surface area contributed by atoms with Crippen LogP contribution in [-0.4, -0.2) is 50.3 Å². The molecule has 0 spiro atoms. The van der Waals surface area contributed by atoms with Crippen LogP contribution in [0.5, 0.6) is 0 Å². The van der Waals surface area contributed by atoms with Gasteiger partial charge in [0, 0.05) is 31.7 Å². The first-order valence-electron chi connectivity index (χ1n) is 11.2. The predicted molar refractivity (Wildman–Crippen MR) is 120 cm³/mol. The first-order chi connectivity index (χ1) is 16.1. The molecule has 0 radical (unpaired) electrons. The topological polar surface area (TPSA) is 67.2 Å². The zero-order valence-electron chi connectivity index (χ0n) is 19.1. The minimum Gasteiger partial charge on any atom is -0.339 e. The van der Waals surface area contributed by atoms with Gasteiger partial charge in [0.25, 0.3) is 5.91 Å². The molecule has 0 bridgehead atoms. The average molecular weight is 470 g/mol. The first-order valence-corrected chi connectivity index (χ1v) is 11.2. The summed E-state index contributed by atoms with van der Waals surface area (Å²) in [5.74, 6) is 1.11. The van der Waals surface area contributed by atoms with E-state index in [1.807, 2.05) is 32.0 Å². The number of alkyl halides is 3. The molecule has 2 aliphatic rings. The molecule has 4 heterocycles. The second-order valence-electron chi connectivity index (χ2n) is 9.17.